The van der Waals surface area contributed by atoms with Crippen LogP contribution in [-0.4, -0.2) is 6.54 Å². The number of rotatable bonds is 4. The monoisotopic (exact) mass is 311 g/mol. The van der Waals surface area contributed by atoms with Crippen LogP contribution >= 0.6 is 15.9 Å². The lowest BCUT2D eigenvalue weighted by molar-refractivity contribution is 0.425. The second kappa shape index (κ2) is 5.67. The number of hydrogen-bond donors (Lipinski definition) is 1. The van der Waals surface area contributed by atoms with Crippen molar-refractivity contribution < 1.29 is 8.81 Å². The summed E-state index contributed by atoms with van der Waals surface area (Å²) in [6.07, 6.45) is 0. The molecule has 0 aliphatic carbocycles. The van der Waals surface area contributed by atoms with Gasteiger partial charge in [0.15, 0.2) is 0 Å². The third-order valence-electron chi connectivity index (χ3n) is 2.74. The Morgan fingerprint density at radius 1 is 1.33 bits per heavy atom. The zero-order valence-corrected chi connectivity index (χ0v) is 11.9. The van der Waals surface area contributed by atoms with Gasteiger partial charge in [0, 0.05) is 10.0 Å². The topological polar surface area (TPSA) is 25.2 Å². The van der Waals surface area contributed by atoms with E-state index in [2.05, 4.69) is 21.2 Å². The molecule has 1 N–H and O–H groups in total. The summed E-state index contributed by atoms with van der Waals surface area (Å²) >= 11 is 3.40. The van der Waals surface area contributed by atoms with Crippen LogP contribution in [0.25, 0.3) is 0 Å². The predicted octanol–water partition coefficient (Wildman–Crippen LogP) is 4.19. The maximum absolute atomic E-state index is 14.0. The quantitative estimate of drug-likeness (QED) is 0.916. The highest BCUT2D eigenvalue weighted by Gasteiger charge is 2.22. The maximum atomic E-state index is 14.0. The molecular formula is C14H15BrFNO. The molecule has 0 radical (unpaired) electrons. The van der Waals surface area contributed by atoms with Crippen LogP contribution < -0.4 is 5.32 Å². The van der Waals surface area contributed by atoms with Crippen LogP contribution in [-0.2, 0) is 0 Å². The van der Waals surface area contributed by atoms with Gasteiger partial charge in [-0.25, -0.2) is 4.39 Å². The summed E-state index contributed by atoms with van der Waals surface area (Å²) in [6, 6.07) is 8.45. The van der Waals surface area contributed by atoms with Gasteiger partial charge < -0.3 is 9.73 Å². The zero-order valence-electron chi connectivity index (χ0n) is 10.3. The number of furan rings is 1. The third-order valence-corrected chi connectivity index (χ3v) is 3.43. The van der Waals surface area contributed by atoms with Crippen LogP contribution in [0.1, 0.15) is 30.0 Å². The molecular weight excluding hydrogens is 297 g/mol. The Hall–Kier alpha value is -1.13. The smallest absolute Gasteiger partial charge is 0.129 e. The Morgan fingerprint density at radius 2 is 2.11 bits per heavy atom. The normalized spacial score (nSPS) is 12.7. The van der Waals surface area contributed by atoms with E-state index in [0.29, 0.717) is 5.56 Å². The van der Waals surface area contributed by atoms with Crippen LogP contribution in [0, 0.1) is 12.7 Å². The molecule has 2 rings (SSSR count). The van der Waals surface area contributed by atoms with E-state index >= 15 is 0 Å². The molecule has 0 amide bonds. The summed E-state index contributed by atoms with van der Waals surface area (Å²) in [4.78, 5) is 0. The predicted molar refractivity (Wildman–Crippen MR) is 73.1 cm³/mol. The van der Waals surface area contributed by atoms with Crippen molar-refractivity contribution in [2.24, 2.45) is 0 Å². The van der Waals surface area contributed by atoms with E-state index in [-0.39, 0.29) is 11.9 Å². The highest BCUT2D eigenvalue weighted by molar-refractivity contribution is 9.10. The van der Waals surface area contributed by atoms with Crippen molar-refractivity contribution in [2.75, 3.05) is 6.54 Å². The minimum absolute atomic E-state index is 0.246. The zero-order chi connectivity index (χ0) is 13.1. The van der Waals surface area contributed by atoms with E-state index in [1.807, 2.05) is 32.0 Å². The molecule has 1 atom stereocenters. The van der Waals surface area contributed by atoms with E-state index in [1.54, 1.807) is 6.07 Å². The summed E-state index contributed by atoms with van der Waals surface area (Å²) < 4.78 is 20.4. The summed E-state index contributed by atoms with van der Waals surface area (Å²) in [6.45, 7) is 4.59. The van der Waals surface area contributed by atoms with Crippen LogP contribution in [0.2, 0.25) is 0 Å². The molecule has 0 spiro atoms. The lowest BCUT2D eigenvalue weighted by atomic mass is 10.0. The molecule has 1 aromatic heterocycles. The Labute approximate surface area is 114 Å². The van der Waals surface area contributed by atoms with E-state index in [9.17, 15) is 4.39 Å². The average Bonchev–Trinajstić information content (AvgIpc) is 2.74. The first-order chi connectivity index (χ1) is 8.63. The molecule has 0 aliphatic heterocycles. The first-order valence-corrected chi connectivity index (χ1v) is 6.66. The molecule has 0 fully saturated rings. The van der Waals surface area contributed by atoms with Crippen LogP contribution in [0.5, 0.6) is 0 Å². The maximum Gasteiger partial charge on any atom is 0.129 e. The number of aryl methyl sites for hydroxylation is 1. The fourth-order valence-corrected chi connectivity index (χ4v) is 2.52. The number of hydrogen-bond acceptors (Lipinski definition) is 2. The molecule has 18 heavy (non-hydrogen) atoms. The minimum Gasteiger partial charge on any atom is -0.464 e. The Balaban J connectivity index is 2.47. The van der Waals surface area contributed by atoms with Crippen molar-refractivity contribution >= 4 is 15.9 Å². The number of benzene rings is 1. The van der Waals surface area contributed by atoms with Crippen LogP contribution in [0.3, 0.4) is 0 Å². The fourth-order valence-electron chi connectivity index (χ4n) is 1.94. The highest BCUT2D eigenvalue weighted by atomic mass is 79.9. The second-order valence-corrected chi connectivity index (χ2v) is 4.93. The Bertz CT molecular complexity index is 518. The second-order valence-electron chi connectivity index (χ2n) is 4.07. The van der Waals surface area contributed by atoms with E-state index in [1.165, 1.54) is 6.07 Å². The van der Waals surface area contributed by atoms with Crippen molar-refractivity contribution in [3.8, 4) is 0 Å². The van der Waals surface area contributed by atoms with E-state index in [4.69, 9.17) is 4.42 Å². The minimum atomic E-state index is -0.278. The van der Waals surface area contributed by atoms with Crippen molar-refractivity contribution in [1.82, 2.24) is 5.32 Å². The van der Waals surface area contributed by atoms with Gasteiger partial charge >= 0.3 is 0 Å². The van der Waals surface area contributed by atoms with Crippen molar-refractivity contribution in [1.29, 1.82) is 0 Å². The molecule has 2 nitrogen and oxygen atoms in total. The van der Waals surface area contributed by atoms with E-state index in [0.717, 1.165) is 22.5 Å². The summed E-state index contributed by atoms with van der Waals surface area (Å²) in [7, 11) is 0. The van der Waals surface area contributed by atoms with Crippen molar-refractivity contribution in [3.63, 3.8) is 0 Å². The molecule has 4 heteroatoms. The molecule has 0 bridgehead atoms. The molecule has 0 saturated carbocycles. The van der Waals surface area contributed by atoms with Gasteiger partial charge in [-0.2, -0.15) is 0 Å². The largest absolute Gasteiger partial charge is 0.464 e. The van der Waals surface area contributed by atoms with Gasteiger partial charge in [-0.05, 0) is 37.7 Å². The number of halogens is 2. The summed E-state index contributed by atoms with van der Waals surface area (Å²) in [5.74, 6) is 1.30. The lowest BCUT2D eigenvalue weighted by Crippen LogP contribution is -2.23. The standard InChI is InChI=1S/C14H15BrFNO/c1-3-17-14(12-8-7-9(2)18-12)13-10(15)5-4-6-11(13)16/h4-8,14,17H,3H2,1-2H3. The highest BCUT2D eigenvalue weighted by Crippen LogP contribution is 2.31. The van der Waals surface area contributed by atoms with Gasteiger partial charge in [0.05, 0.1) is 6.04 Å². The van der Waals surface area contributed by atoms with E-state index < -0.39 is 0 Å². The molecule has 2 aromatic rings. The first kappa shape index (κ1) is 13.3. The Morgan fingerprint density at radius 3 is 2.67 bits per heavy atom. The van der Waals surface area contributed by atoms with Gasteiger partial charge in [0.1, 0.15) is 17.3 Å². The third kappa shape index (κ3) is 2.65. The SMILES string of the molecule is CCNC(c1ccc(C)o1)c1c(F)cccc1Br. The van der Waals surface area contributed by atoms with Crippen LogP contribution in [0.4, 0.5) is 4.39 Å². The number of nitrogens with one attached hydrogen (secondary N) is 1. The van der Waals surface area contributed by atoms with Gasteiger partial charge in [-0.3, -0.25) is 0 Å². The molecule has 0 saturated heterocycles. The molecule has 1 unspecified atom stereocenters. The lowest BCUT2D eigenvalue weighted by Gasteiger charge is -2.18. The van der Waals surface area contributed by atoms with Gasteiger partial charge in [-0.1, -0.05) is 28.9 Å². The van der Waals surface area contributed by atoms with Gasteiger partial charge in [-0.15, -0.1) is 0 Å². The molecule has 1 aromatic carbocycles. The molecule has 0 aliphatic rings. The first-order valence-electron chi connectivity index (χ1n) is 5.87. The summed E-state index contributed by atoms with van der Waals surface area (Å²) in [5, 5.41) is 3.25. The van der Waals surface area contributed by atoms with Gasteiger partial charge in [0.25, 0.3) is 0 Å². The Kier molecular flexibility index (Phi) is 4.19. The van der Waals surface area contributed by atoms with Crippen molar-refractivity contribution in [3.05, 3.63) is 57.7 Å². The molecule has 1 heterocycles. The van der Waals surface area contributed by atoms with Crippen molar-refractivity contribution in [2.45, 2.75) is 19.9 Å². The molecule has 96 valence electrons. The van der Waals surface area contributed by atoms with Gasteiger partial charge in [0.2, 0.25) is 0 Å². The summed E-state index contributed by atoms with van der Waals surface area (Å²) in [5.41, 5.74) is 0.578. The average molecular weight is 312 g/mol. The van der Waals surface area contributed by atoms with Crippen LogP contribution in [0.15, 0.2) is 39.2 Å². The fraction of sp³-hybridized carbons (Fsp3) is 0.286.